The molecule has 0 amide bonds. The van der Waals surface area contributed by atoms with Gasteiger partial charge in [-0.2, -0.15) is 79.0 Å². The van der Waals surface area contributed by atoms with Crippen molar-refractivity contribution in [3.05, 3.63) is 46.3 Å². The summed E-state index contributed by atoms with van der Waals surface area (Å²) in [5.74, 6) is -25.8. The molecule has 64 heavy (non-hydrogen) atoms. The van der Waals surface area contributed by atoms with Crippen LogP contribution in [0.5, 0.6) is 0 Å². The lowest BCUT2D eigenvalue weighted by Gasteiger charge is -2.34. The van der Waals surface area contributed by atoms with Crippen molar-refractivity contribution in [2.24, 2.45) is 11.8 Å². The summed E-state index contributed by atoms with van der Waals surface area (Å²) in [6.45, 7) is 2.14. The zero-order chi connectivity index (χ0) is 49.9. The normalized spacial score (nSPS) is 22.7. The van der Waals surface area contributed by atoms with Crippen molar-refractivity contribution < 1.29 is 124 Å². The van der Waals surface area contributed by atoms with Crippen LogP contribution >= 0.6 is 0 Å². The minimum atomic E-state index is -7.43. The molecule has 5 unspecified atom stereocenters. The second-order valence-corrected chi connectivity index (χ2v) is 20.7. The smallest absolute Gasteiger partial charge is 0.460 e. The zero-order valence-electron chi connectivity index (χ0n) is 31.8. The quantitative estimate of drug-likeness (QED) is 0.0727. The number of ether oxygens (including phenoxy) is 2. The molecule has 2 fully saturated rings. The first-order valence-electron chi connectivity index (χ1n) is 17.4. The zero-order valence-corrected chi connectivity index (χ0v) is 35.1. The molecule has 5 atom stereocenters. The average molecular weight is 1050 g/mol. The number of fused-ring (bicyclic) bond motifs is 2. The van der Waals surface area contributed by atoms with Gasteiger partial charge in [-0.05, 0) is 44.3 Å². The largest absolute Gasteiger partial charge is 0.743 e. The fraction of sp³-hybridized carbons (Fsp3) is 0.688. The number of rotatable bonds is 14. The Bertz CT molecular complexity index is 1950. The van der Waals surface area contributed by atoms with E-state index in [1.807, 2.05) is 6.92 Å². The first-order chi connectivity index (χ1) is 28.6. The van der Waals surface area contributed by atoms with Gasteiger partial charge >= 0.3 is 58.5 Å². The first-order valence-corrected chi connectivity index (χ1v) is 23.4. The van der Waals surface area contributed by atoms with Gasteiger partial charge < -0.3 is 18.6 Å². The summed E-state index contributed by atoms with van der Waals surface area (Å²) >= 11 is 0. The summed E-state index contributed by atoms with van der Waals surface area (Å²) in [6.07, 6.45) is 3.84. The Kier molecular flexibility index (Phi) is 18.1. The van der Waals surface area contributed by atoms with Crippen LogP contribution in [0.25, 0.3) is 0 Å². The molecule has 0 radical (unpaired) electrons. The van der Waals surface area contributed by atoms with E-state index in [0.717, 1.165) is 11.5 Å². The number of halogens is 18. The summed E-state index contributed by atoms with van der Waals surface area (Å²) in [7, 11) is -14.9. The molecule has 370 valence electrons. The molecule has 32 heteroatoms. The van der Waals surface area contributed by atoms with E-state index >= 15 is 0 Å². The maximum absolute atomic E-state index is 12.5. The van der Waals surface area contributed by atoms with Gasteiger partial charge in [0.2, 0.25) is 11.5 Å². The van der Waals surface area contributed by atoms with E-state index in [0.29, 0.717) is 29.8 Å². The predicted molar refractivity (Wildman–Crippen MR) is 186 cm³/mol. The molecule has 0 bridgehead atoms. The molecule has 4 rings (SSSR count). The number of carbonyl (C=O) groups is 2. The number of carbonyl (C=O) groups excluding carboxylic acids is 2. The maximum Gasteiger partial charge on any atom is 0.460 e. The van der Waals surface area contributed by atoms with E-state index in [2.05, 4.69) is 36.5 Å². The SMILES string of the molecule is CCC(COC(=O)C[S+]1CCCC2C=CC=C21)OC(=O)C[S+]1CCCC2C=CC=C21.O=S(=O)([O-])C(F)(F)C(F)(F)C(F)(F)C(F)(F)F.O=S(=O)([O-])C(F)(F)C(F)(F)C(F)(F)C(F)(F)F. The summed E-state index contributed by atoms with van der Waals surface area (Å²) in [4.78, 5) is 27.8. The van der Waals surface area contributed by atoms with Gasteiger partial charge in [-0.3, -0.25) is 0 Å². The van der Waals surface area contributed by atoms with Gasteiger partial charge in [-0.1, -0.05) is 31.2 Å². The van der Waals surface area contributed by atoms with Crippen LogP contribution in [0.4, 0.5) is 79.0 Å². The Morgan fingerprint density at radius 3 is 1.28 bits per heavy atom. The van der Waals surface area contributed by atoms with Crippen LogP contribution in [0.15, 0.2) is 46.3 Å². The predicted octanol–water partition coefficient (Wildman–Crippen LogP) is 7.73. The van der Waals surface area contributed by atoms with Crippen LogP contribution in [-0.2, 0) is 61.1 Å². The number of esters is 2. The molecule has 0 aromatic rings. The molecule has 0 N–H and O–H groups in total. The maximum atomic E-state index is 12.5. The third-order valence-corrected chi connectivity index (χ3v) is 15.8. The molecular weight excluding hydrogens is 1010 g/mol. The average Bonchev–Trinajstić information content (AvgIpc) is 3.83. The topological polar surface area (TPSA) is 167 Å². The monoisotopic (exact) mass is 1050 g/mol. The van der Waals surface area contributed by atoms with Crippen molar-refractivity contribution >= 4 is 54.0 Å². The highest BCUT2D eigenvalue weighted by Crippen LogP contribution is 2.55. The van der Waals surface area contributed by atoms with Crippen LogP contribution in [-0.4, -0.2) is 120 Å². The van der Waals surface area contributed by atoms with Crippen molar-refractivity contribution in [2.45, 2.75) is 91.7 Å². The molecule has 10 nitrogen and oxygen atoms in total. The molecule has 2 heterocycles. The summed E-state index contributed by atoms with van der Waals surface area (Å²) in [6, 6.07) is 0. The van der Waals surface area contributed by atoms with Gasteiger partial charge in [0.25, 0.3) is 0 Å². The molecule has 4 aliphatic rings. The van der Waals surface area contributed by atoms with Crippen molar-refractivity contribution in [3.8, 4) is 0 Å². The minimum absolute atomic E-state index is 0.00997. The van der Waals surface area contributed by atoms with Crippen LogP contribution < -0.4 is 0 Å². The van der Waals surface area contributed by atoms with Gasteiger partial charge in [-0.25, -0.2) is 26.4 Å². The standard InChI is InChI=1S/C24H32O4S2.2C4HF9O3S/c1-2-20(28-24(26)17-30-14-6-10-19-8-4-12-22(19)30)15-27-23(25)16-29-13-5-9-18-7-3-11-21(18)29;2*5-1(6,3(9,10)11)2(7,8)4(12,13)17(14,15)16/h3-4,7-8,11-12,18-20H,2,5-6,9-10,13-17H2,1H3;2*(H,14,15,16)/q+2;;/p-2. The minimum Gasteiger partial charge on any atom is -0.743 e. The number of hydrogen-bond acceptors (Lipinski definition) is 10. The Balaban J connectivity index is 0.000000358. The Hall–Kier alpha value is -2.84. The van der Waals surface area contributed by atoms with E-state index in [9.17, 15) is 115 Å². The lowest BCUT2D eigenvalue weighted by molar-refractivity contribution is -0.382. The van der Waals surface area contributed by atoms with E-state index in [4.69, 9.17) is 9.47 Å². The van der Waals surface area contributed by atoms with Crippen molar-refractivity contribution in [1.29, 1.82) is 0 Å². The second-order valence-electron chi connectivity index (χ2n) is 13.5. The summed E-state index contributed by atoms with van der Waals surface area (Å²) in [5, 5.41) is -14.2. The molecule has 2 aliphatic carbocycles. The van der Waals surface area contributed by atoms with Crippen molar-refractivity contribution in [3.63, 3.8) is 0 Å². The van der Waals surface area contributed by atoms with Gasteiger partial charge in [0, 0.05) is 33.6 Å². The highest BCUT2D eigenvalue weighted by atomic mass is 32.2. The van der Waals surface area contributed by atoms with Gasteiger partial charge in [0.1, 0.15) is 34.0 Å². The van der Waals surface area contributed by atoms with Gasteiger partial charge in [-0.15, -0.1) is 0 Å². The molecule has 0 aromatic heterocycles. The third-order valence-electron chi connectivity index (χ3n) is 9.04. The number of alkyl halides is 18. The fourth-order valence-corrected chi connectivity index (χ4v) is 11.1. The van der Waals surface area contributed by atoms with Gasteiger partial charge in [0.05, 0.1) is 0 Å². The van der Waals surface area contributed by atoms with Crippen LogP contribution in [0.3, 0.4) is 0 Å². The summed E-state index contributed by atoms with van der Waals surface area (Å²) in [5.41, 5.74) is 0. The fourth-order valence-electron chi connectivity index (χ4n) is 5.61. The lowest BCUT2D eigenvalue weighted by Crippen LogP contribution is -2.63. The van der Waals surface area contributed by atoms with Gasteiger partial charge in [0.15, 0.2) is 20.2 Å². The molecule has 0 aromatic carbocycles. The van der Waals surface area contributed by atoms with E-state index in [1.165, 1.54) is 35.5 Å². The Labute approximate surface area is 356 Å². The van der Waals surface area contributed by atoms with Crippen LogP contribution in [0.2, 0.25) is 0 Å². The number of allylic oxidation sites excluding steroid dienone is 8. The van der Waals surface area contributed by atoms with Crippen LogP contribution in [0, 0.1) is 11.8 Å². The van der Waals surface area contributed by atoms with Crippen LogP contribution in [0.1, 0.15) is 39.0 Å². The first kappa shape index (κ1) is 57.3. The molecule has 0 saturated carbocycles. The van der Waals surface area contributed by atoms with E-state index in [-0.39, 0.29) is 46.4 Å². The third kappa shape index (κ3) is 12.2. The second kappa shape index (κ2) is 20.2. The molecular formula is C32H32F18O10S4. The lowest BCUT2D eigenvalue weighted by atomic mass is 10.1. The van der Waals surface area contributed by atoms with E-state index < -0.39 is 66.8 Å². The van der Waals surface area contributed by atoms with Crippen molar-refractivity contribution in [2.75, 3.05) is 29.6 Å². The van der Waals surface area contributed by atoms with Crippen molar-refractivity contribution in [1.82, 2.24) is 0 Å². The number of hydrogen-bond donors (Lipinski definition) is 0. The summed E-state index contributed by atoms with van der Waals surface area (Å²) < 4.78 is 282. The van der Waals surface area contributed by atoms with E-state index in [1.54, 1.807) is 0 Å². The highest BCUT2D eigenvalue weighted by molar-refractivity contribution is 8.01. The molecule has 2 aliphatic heterocycles. The Morgan fingerprint density at radius 2 is 0.969 bits per heavy atom. The molecule has 2 saturated heterocycles. The molecule has 0 spiro atoms. The highest BCUT2D eigenvalue weighted by Gasteiger charge is 2.85. The Morgan fingerprint density at radius 1 is 0.625 bits per heavy atom.